The smallest absolute Gasteiger partial charge is 0.258 e. The van der Waals surface area contributed by atoms with Gasteiger partial charge in [0.2, 0.25) is 11.8 Å². The number of amides is 2. The van der Waals surface area contributed by atoms with Gasteiger partial charge in [-0.1, -0.05) is 31.1 Å². The number of aromatic nitrogens is 2. The van der Waals surface area contributed by atoms with Crippen molar-refractivity contribution in [1.82, 2.24) is 20.4 Å². The Labute approximate surface area is 182 Å². The lowest BCUT2D eigenvalue weighted by atomic mass is 9.80. The molecule has 1 aromatic carbocycles. The summed E-state index contributed by atoms with van der Waals surface area (Å²) in [5, 5.41) is 7.08. The van der Waals surface area contributed by atoms with Gasteiger partial charge in [-0.15, -0.1) is 0 Å². The first kappa shape index (κ1) is 21.3. The summed E-state index contributed by atoms with van der Waals surface area (Å²) in [4.78, 5) is 31.6. The molecule has 31 heavy (non-hydrogen) atoms. The number of nitrogens with one attached hydrogen (secondary N) is 1. The van der Waals surface area contributed by atoms with E-state index in [1.165, 1.54) is 0 Å². The van der Waals surface area contributed by atoms with Crippen LogP contribution in [0.4, 0.5) is 0 Å². The van der Waals surface area contributed by atoms with E-state index in [1.54, 1.807) is 6.92 Å². The van der Waals surface area contributed by atoms with Crippen molar-refractivity contribution in [2.75, 3.05) is 19.7 Å². The third-order valence-corrected chi connectivity index (χ3v) is 6.36. The molecule has 0 radical (unpaired) electrons. The Hall–Kier alpha value is -2.90. The van der Waals surface area contributed by atoms with Crippen LogP contribution in [0.25, 0.3) is 0 Å². The van der Waals surface area contributed by atoms with Crippen LogP contribution in [0.15, 0.2) is 28.8 Å². The number of hydrogen-bond acceptors (Lipinski definition) is 6. The molecule has 1 aliphatic carbocycles. The lowest BCUT2D eigenvalue weighted by Gasteiger charge is -2.26. The third-order valence-electron chi connectivity index (χ3n) is 6.36. The Balaban J connectivity index is 1.43. The zero-order valence-corrected chi connectivity index (χ0v) is 18.6. The Morgan fingerprint density at radius 1 is 1.35 bits per heavy atom. The van der Waals surface area contributed by atoms with E-state index in [2.05, 4.69) is 15.5 Å². The molecule has 3 atom stereocenters. The van der Waals surface area contributed by atoms with Crippen molar-refractivity contribution in [2.45, 2.75) is 52.0 Å². The highest BCUT2D eigenvalue weighted by molar-refractivity contribution is 5.79. The van der Waals surface area contributed by atoms with E-state index >= 15 is 0 Å². The first-order chi connectivity index (χ1) is 14.8. The summed E-state index contributed by atoms with van der Waals surface area (Å²) < 4.78 is 11.2. The topological polar surface area (TPSA) is 97.6 Å². The first-order valence-electron chi connectivity index (χ1n) is 10.9. The fraction of sp³-hybridized carbons (Fsp3) is 0.565. The van der Waals surface area contributed by atoms with Crippen LogP contribution < -0.4 is 10.1 Å². The lowest BCUT2D eigenvalue weighted by Crippen LogP contribution is -2.41. The first-order valence-corrected chi connectivity index (χ1v) is 10.9. The molecule has 0 bridgehead atoms. The minimum atomic E-state index is -0.416. The molecule has 8 nitrogen and oxygen atoms in total. The van der Waals surface area contributed by atoms with Gasteiger partial charge in [0.25, 0.3) is 5.91 Å². The van der Waals surface area contributed by atoms with Gasteiger partial charge in [0.15, 0.2) is 12.4 Å². The Kier molecular flexibility index (Phi) is 5.73. The molecular formula is C23H30N4O4. The molecule has 166 valence electrons. The number of carbonyl (C=O) groups excluding carboxylic acids is 2. The molecule has 1 N–H and O–H groups in total. The number of nitrogens with zero attached hydrogens (tertiary/aromatic N) is 3. The molecule has 1 unspecified atom stereocenters. The van der Waals surface area contributed by atoms with Crippen LogP contribution in [0.2, 0.25) is 0 Å². The molecule has 0 spiro atoms. The molecule has 1 saturated carbocycles. The molecule has 2 fully saturated rings. The van der Waals surface area contributed by atoms with Gasteiger partial charge in [-0.05, 0) is 50.3 Å². The predicted molar refractivity (Wildman–Crippen MR) is 113 cm³/mol. The molecule has 4 rings (SSSR count). The second-order valence-electron chi connectivity index (χ2n) is 9.18. The van der Waals surface area contributed by atoms with E-state index in [0.717, 1.165) is 12.0 Å². The summed E-state index contributed by atoms with van der Waals surface area (Å²) in [6.07, 6.45) is 1.43. The van der Waals surface area contributed by atoms with Gasteiger partial charge in [-0.25, -0.2) is 0 Å². The van der Waals surface area contributed by atoms with E-state index in [9.17, 15) is 9.59 Å². The Morgan fingerprint density at radius 2 is 2.16 bits per heavy atom. The minimum absolute atomic E-state index is 0.0258. The van der Waals surface area contributed by atoms with Crippen molar-refractivity contribution in [3.63, 3.8) is 0 Å². The van der Waals surface area contributed by atoms with E-state index in [4.69, 9.17) is 9.26 Å². The molecule has 2 aliphatic rings. The fourth-order valence-electron chi connectivity index (χ4n) is 4.97. The zero-order chi connectivity index (χ0) is 22.2. The summed E-state index contributed by atoms with van der Waals surface area (Å²) in [6, 6.07) is 7.60. The number of benzene rings is 1. The minimum Gasteiger partial charge on any atom is -0.484 e. The van der Waals surface area contributed by atoms with Crippen molar-refractivity contribution in [3.8, 4) is 5.75 Å². The quantitative estimate of drug-likeness (QED) is 0.762. The zero-order valence-electron chi connectivity index (χ0n) is 18.6. The van der Waals surface area contributed by atoms with Crippen molar-refractivity contribution in [1.29, 1.82) is 0 Å². The molecule has 1 saturated heterocycles. The van der Waals surface area contributed by atoms with Crippen LogP contribution >= 0.6 is 0 Å². The maximum atomic E-state index is 12.6. The van der Waals surface area contributed by atoms with Crippen LogP contribution in [0.5, 0.6) is 5.75 Å². The van der Waals surface area contributed by atoms with Gasteiger partial charge >= 0.3 is 0 Å². The number of fused-ring (bicyclic) bond motifs is 1. The van der Waals surface area contributed by atoms with Crippen LogP contribution in [0.3, 0.4) is 0 Å². The van der Waals surface area contributed by atoms with Gasteiger partial charge in [-0.3, -0.25) is 9.59 Å². The number of likely N-dealkylation sites (tertiary alicyclic amines) is 1. The van der Waals surface area contributed by atoms with E-state index in [0.29, 0.717) is 37.0 Å². The van der Waals surface area contributed by atoms with Crippen molar-refractivity contribution >= 4 is 11.8 Å². The summed E-state index contributed by atoms with van der Waals surface area (Å²) in [5.74, 6) is 1.92. The maximum absolute atomic E-state index is 12.6. The normalized spacial score (nSPS) is 25.0. The lowest BCUT2D eigenvalue weighted by molar-refractivity contribution is -0.134. The summed E-state index contributed by atoms with van der Waals surface area (Å²) >= 11 is 0. The average molecular weight is 427 g/mol. The molecule has 1 aliphatic heterocycles. The number of aryl methyl sites for hydroxylation is 2. The van der Waals surface area contributed by atoms with Crippen LogP contribution in [-0.4, -0.2) is 52.6 Å². The summed E-state index contributed by atoms with van der Waals surface area (Å²) in [7, 11) is 0. The molecular weight excluding hydrogens is 396 g/mol. The molecule has 2 amide bonds. The Morgan fingerprint density at radius 3 is 2.84 bits per heavy atom. The highest BCUT2D eigenvalue weighted by Crippen LogP contribution is 2.50. The van der Waals surface area contributed by atoms with Gasteiger partial charge < -0.3 is 19.5 Å². The van der Waals surface area contributed by atoms with Crippen molar-refractivity contribution in [3.05, 3.63) is 41.5 Å². The maximum Gasteiger partial charge on any atom is 0.258 e. The molecule has 8 heteroatoms. The van der Waals surface area contributed by atoms with E-state index < -0.39 is 5.41 Å². The number of ether oxygens (including phenoxy) is 1. The molecule has 2 heterocycles. The second-order valence-corrected chi connectivity index (χ2v) is 9.18. The van der Waals surface area contributed by atoms with Gasteiger partial charge in [0.1, 0.15) is 5.75 Å². The monoisotopic (exact) mass is 426 g/mol. The van der Waals surface area contributed by atoms with Crippen molar-refractivity contribution < 1.29 is 18.8 Å². The van der Waals surface area contributed by atoms with E-state index in [-0.39, 0.29) is 36.3 Å². The number of carbonyl (C=O) groups is 2. The molecule has 1 aromatic heterocycles. The van der Waals surface area contributed by atoms with Crippen LogP contribution in [0, 0.1) is 25.7 Å². The van der Waals surface area contributed by atoms with Gasteiger partial charge in [0.05, 0.1) is 5.41 Å². The van der Waals surface area contributed by atoms with E-state index in [1.807, 2.05) is 49.9 Å². The average Bonchev–Trinajstić information content (AvgIpc) is 3.38. The Bertz CT molecular complexity index is 972. The molecule has 2 aromatic rings. The van der Waals surface area contributed by atoms with Gasteiger partial charge in [-0.2, -0.15) is 4.98 Å². The number of hydrogen-bond donors (Lipinski definition) is 1. The van der Waals surface area contributed by atoms with Gasteiger partial charge in [0, 0.05) is 25.0 Å². The fourth-order valence-corrected chi connectivity index (χ4v) is 4.97. The van der Waals surface area contributed by atoms with Crippen LogP contribution in [0.1, 0.15) is 44.0 Å². The third kappa shape index (κ3) is 4.29. The SMILES string of the molecule is Cc1cccc(OCC(=O)N[C@@H]2CC3CN(C(=O)C(C)C)C[C@@]3(c3nc(C)no3)C2)c1. The standard InChI is InChI=1S/C23H30N4O4/c1-14(2)21(29)27-11-17-9-18(10-23(17,13-27)22-24-16(4)26-31-22)25-20(28)12-30-19-7-5-6-15(3)8-19/h5-8,14,17-18H,9-13H2,1-4H3,(H,25,28)/t17?,18-,23+/m1/s1. The van der Waals surface area contributed by atoms with Crippen LogP contribution in [-0.2, 0) is 15.0 Å². The summed E-state index contributed by atoms with van der Waals surface area (Å²) in [5.41, 5.74) is 0.667. The van der Waals surface area contributed by atoms with Crippen molar-refractivity contribution in [2.24, 2.45) is 11.8 Å². The summed E-state index contributed by atoms with van der Waals surface area (Å²) in [6.45, 7) is 8.76. The highest BCUT2D eigenvalue weighted by Gasteiger charge is 2.58. The number of rotatable bonds is 6. The highest BCUT2D eigenvalue weighted by atomic mass is 16.5. The largest absolute Gasteiger partial charge is 0.484 e. The second kappa shape index (κ2) is 8.32. The predicted octanol–water partition coefficient (Wildman–Crippen LogP) is 2.40.